The number of anilines is 3. The number of halogens is 1. The van der Waals surface area contributed by atoms with Crippen LogP contribution in [0.25, 0.3) is 0 Å². The molecule has 18 heavy (non-hydrogen) atoms. The molecule has 0 radical (unpaired) electrons. The van der Waals surface area contributed by atoms with Gasteiger partial charge in [-0.25, -0.2) is 13.4 Å². The summed E-state index contributed by atoms with van der Waals surface area (Å²) in [6.45, 7) is 0. The summed E-state index contributed by atoms with van der Waals surface area (Å²) in [5.74, 6) is 0.305. The Morgan fingerprint density at radius 3 is 2.72 bits per heavy atom. The zero-order valence-electron chi connectivity index (χ0n) is 9.00. The van der Waals surface area contributed by atoms with Crippen molar-refractivity contribution >= 4 is 39.8 Å². The van der Waals surface area contributed by atoms with Crippen LogP contribution in [0.4, 0.5) is 17.5 Å². The van der Waals surface area contributed by atoms with E-state index < -0.39 is 10.7 Å². The second-order valence-corrected chi connectivity index (χ2v) is 4.73. The Morgan fingerprint density at radius 1 is 1.28 bits per heavy atom. The van der Waals surface area contributed by atoms with Crippen LogP contribution in [0.15, 0.2) is 35.4 Å². The molecule has 94 valence electrons. The first-order valence-corrected chi connectivity index (χ1v) is 6.42. The molecular weight excluding hydrogens is 276 g/mol. The lowest BCUT2D eigenvalue weighted by Gasteiger charge is -2.09. The van der Waals surface area contributed by atoms with Crippen molar-refractivity contribution in [1.82, 2.24) is 9.97 Å². The minimum absolute atomic E-state index is 0.0471. The molecule has 0 unspecified atom stereocenters. The molecule has 0 fully saturated rings. The number of hydrogen-bond donors (Lipinski definition) is 3. The number of nitrogens with one attached hydrogen (secondary N) is 1. The minimum Gasteiger partial charge on any atom is -0.368 e. The standard InChI is InChI=1S/C10H9ClN4O2S/c11-6-5-13-10(12)15-9(6)14-7-3-1-2-4-8(7)18(16)17/h1-5,18H,(H3,12,13,14,15). The summed E-state index contributed by atoms with van der Waals surface area (Å²) in [5.41, 5.74) is 5.82. The largest absolute Gasteiger partial charge is 0.368 e. The van der Waals surface area contributed by atoms with E-state index in [2.05, 4.69) is 15.3 Å². The van der Waals surface area contributed by atoms with E-state index in [4.69, 9.17) is 17.3 Å². The fourth-order valence-electron chi connectivity index (χ4n) is 1.33. The number of thiol groups is 1. The van der Waals surface area contributed by atoms with Gasteiger partial charge >= 0.3 is 0 Å². The topological polar surface area (TPSA) is 98.0 Å². The van der Waals surface area contributed by atoms with Crippen molar-refractivity contribution in [2.45, 2.75) is 4.90 Å². The highest BCUT2D eigenvalue weighted by atomic mass is 35.5. The quantitative estimate of drug-likeness (QED) is 0.738. The van der Waals surface area contributed by atoms with Crippen LogP contribution >= 0.6 is 11.6 Å². The van der Waals surface area contributed by atoms with Crippen LogP contribution in [-0.2, 0) is 10.7 Å². The van der Waals surface area contributed by atoms with E-state index in [0.29, 0.717) is 5.69 Å². The van der Waals surface area contributed by atoms with Gasteiger partial charge in [-0.1, -0.05) is 23.7 Å². The van der Waals surface area contributed by atoms with E-state index in [-0.39, 0.29) is 21.7 Å². The smallest absolute Gasteiger partial charge is 0.222 e. The summed E-state index contributed by atoms with van der Waals surface area (Å²) >= 11 is 5.88. The van der Waals surface area contributed by atoms with Crippen molar-refractivity contribution in [2.24, 2.45) is 0 Å². The molecule has 3 N–H and O–H groups in total. The summed E-state index contributed by atoms with van der Waals surface area (Å²) in [6, 6.07) is 6.41. The fourth-order valence-corrected chi connectivity index (χ4v) is 2.01. The first kappa shape index (κ1) is 12.6. The molecular formula is C10H9ClN4O2S. The number of para-hydroxylation sites is 1. The van der Waals surface area contributed by atoms with Crippen molar-refractivity contribution in [3.8, 4) is 0 Å². The normalized spacial score (nSPS) is 10.6. The van der Waals surface area contributed by atoms with Crippen LogP contribution in [0.1, 0.15) is 0 Å². The fraction of sp³-hybridized carbons (Fsp3) is 0. The molecule has 2 rings (SSSR count). The predicted molar refractivity (Wildman–Crippen MR) is 69.8 cm³/mol. The Bertz CT molecular complexity index is 652. The van der Waals surface area contributed by atoms with E-state index in [1.807, 2.05) is 0 Å². The summed E-state index contributed by atoms with van der Waals surface area (Å²) in [7, 11) is -2.71. The van der Waals surface area contributed by atoms with Gasteiger partial charge in [0, 0.05) is 0 Å². The highest BCUT2D eigenvalue weighted by Crippen LogP contribution is 2.25. The van der Waals surface area contributed by atoms with Crippen molar-refractivity contribution in [3.63, 3.8) is 0 Å². The lowest BCUT2D eigenvalue weighted by molar-refractivity contribution is 0.615. The lowest BCUT2D eigenvalue weighted by Crippen LogP contribution is -2.01. The molecule has 0 saturated heterocycles. The van der Waals surface area contributed by atoms with E-state index in [1.54, 1.807) is 18.2 Å². The molecule has 0 aliphatic rings. The zero-order chi connectivity index (χ0) is 13.1. The third-order valence-electron chi connectivity index (χ3n) is 2.12. The second-order valence-electron chi connectivity index (χ2n) is 3.32. The Labute approximate surface area is 110 Å². The molecule has 0 saturated carbocycles. The number of benzene rings is 1. The zero-order valence-corrected chi connectivity index (χ0v) is 10.7. The summed E-state index contributed by atoms with van der Waals surface area (Å²) < 4.78 is 22.1. The molecule has 0 aliphatic heterocycles. The highest BCUT2D eigenvalue weighted by Gasteiger charge is 2.08. The predicted octanol–water partition coefficient (Wildman–Crippen LogP) is 1.43. The molecule has 0 atom stereocenters. The van der Waals surface area contributed by atoms with Crippen LogP contribution in [0.2, 0.25) is 5.02 Å². The monoisotopic (exact) mass is 284 g/mol. The van der Waals surface area contributed by atoms with Crippen LogP contribution in [0.3, 0.4) is 0 Å². The number of nitrogens with two attached hydrogens (primary N) is 1. The second kappa shape index (κ2) is 5.19. The van der Waals surface area contributed by atoms with E-state index in [9.17, 15) is 8.42 Å². The van der Waals surface area contributed by atoms with Gasteiger partial charge in [-0.2, -0.15) is 4.98 Å². The molecule has 1 aromatic heterocycles. The summed E-state index contributed by atoms with van der Waals surface area (Å²) in [4.78, 5) is 7.76. The molecule has 1 aromatic carbocycles. The van der Waals surface area contributed by atoms with E-state index in [0.717, 1.165) is 0 Å². The van der Waals surface area contributed by atoms with Gasteiger partial charge in [0.25, 0.3) is 0 Å². The number of nitrogens with zero attached hydrogens (tertiary/aromatic N) is 2. The van der Waals surface area contributed by atoms with E-state index in [1.165, 1.54) is 12.3 Å². The Hall–Kier alpha value is -1.86. The first-order valence-electron chi connectivity index (χ1n) is 4.86. The van der Waals surface area contributed by atoms with Crippen LogP contribution in [0.5, 0.6) is 0 Å². The maximum absolute atomic E-state index is 11.1. The molecule has 0 aliphatic carbocycles. The van der Waals surface area contributed by atoms with Gasteiger partial charge in [0.05, 0.1) is 16.8 Å². The maximum Gasteiger partial charge on any atom is 0.222 e. The van der Waals surface area contributed by atoms with Gasteiger partial charge in [-0.3, -0.25) is 0 Å². The Kier molecular flexibility index (Phi) is 3.63. The van der Waals surface area contributed by atoms with Gasteiger partial charge in [-0.05, 0) is 12.1 Å². The van der Waals surface area contributed by atoms with Crippen LogP contribution in [-0.4, -0.2) is 18.4 Å². The van der Waals surface area contributed by atoms with Crippen molar-refractivity contribution < 1.29 is 8.42 Å². The molecule has 0 bridgehead atoms. The molecule has 0 amide bonds. The molecule has 0 spiro atoms. The number of hydrogen-bond acceptors (Lipinski definition) is 6. The van der Waals surface area contributed by atoms with Gasteiger partial charge in [0.2, 0.25) is 5.95 Å². The van der Waals surface area contributed by atoms with Gasteiger partial charge in [0.1, 0.15) is 5.02 Å². The van der Waals surface area contributed by atoms with E-state index >= 15 is 0 Å². The molecule has 2 aromatic rings. The Balaban J connectivity index is 2.43. The SMILES string of the molecule is Nc1ncc(Cl)c(Nc2ccccc2[SH](=O)=O)n1. The third-order valence-corrected chi connectivity index (χ3v) is 3.18. The van der Waals surface area contributed by atoms with Crippen LogP contribution in [0, 0.1) is 0 Å². The van der Waals surface area contributed by atoms with Gasteiger partial charge in [-0.15, -0.1) is 0 Å². The summed E-state index contributed by atoms with van der Waals surface area (Å²) in [5, 5.41) is 3.07. The van der Waals surface area contributed by atoms with Crippen LogP contribution < -0.4 is 11.1 Å². The van der Waals surface area contributed by atoms with Crippen molar-refractivity contribution in [3.05, 3.63) is 35.5 Å². The minimum atomic E-state index is -2.71. The number of rotatable bonds is 3. The number of aromatic nitrogens is 2. The Morgan fingerprint density at radius 2 is 2.00 bits per heavy atom. The van der Waals surface area contributed by atoms with Crippen molar-refractivity contribution in [1.29, 1.82) is 0 Å². The highest BCUT2D eigenvalue weighted by molar-refractivity contribution is 7.72. The number of nitrogen functional groups attached to an aromatic ring is 1. The van der Waals surface area contributed by atoms with Gasteiger partial charge in [0.15, 0.2) is 16.5 Å². The molecule has 8 heteroatoms. The molecule has 1 heterocycles. The average molecular weight is 285 g/mol. The maximum atomic E-state index is 11.1. The first-order chi connectivity index (χ1) is 8.58. The summed E-state index contributed by atoms with van der Waals surface area (Å²) in [6.07, 6.45) is 1.34. The molecule has 6 nitrogen and oxygen atoms in total. The third kappa shape index (κ3) is 2.69. The van der Waals surface area contributed by atoms with Crippen molar-refractivity contribution in [2.75, 3.05) is 11.1 Å². The van der Waals surface area contributed by atoms with Gasteiger partial charge < -0.3 is 11.1 Å². The lowest BCUT2D eigenvalue weighted by atomic mass is 10.3. The average Bonchev–Trinajstić information content (AvgIpc) is 2.34.